The van der Waals surface area contributed by atoms with Crippen LogP contribution < -0.4 is 5.32 Å². The molecule has 0 aliphatic heterocycles. The van der Waals surface area contributed by atoms with Crippen LogP contribution in [-0.4, -0.2) is 11.9 Å². The summed E-state index contributed by atoms with van der Waals surface area (Å²) >= 11 is 0.958. The zero-order chi connectivity index (χ0) is 23.0. The Bertz CT molecular complexity index is 929. The fraction of sp³-hybridized carbons (Fsp3) is 0.640. The van der Waals surface area contributed by atoms with Gasteiger partial charge in [-0.2, -0.15) is 13.2 Å². The van der Waals surface area contributed by atoms with Gasteiger partial charge in [-0.15, -0.1) is 11.3 Å². The Morgan fingerprint density at radius 2 is 1.94 bits per heavy atom. The Morgan fingerprint density at radius 3 is 2.48 bits per heavy atom. The molecule has 1 aromatic heterocycles. The molecular weight excluding hydrogens is 419 g/mol. The van der Waals surface area contributed by atoms with E-state index in [1.165, 1.54) is 13.0 Å². The normalized spacial score (nSPS) is 18.6. The van der Waals surface area contributed by atoms with Crippen LogP contribution >= 0.6 is 11.3 Å². The van der Waals surface area contributed by atoms with Crippen molar-refractivity contribution in [1.29, 1.82) is 0 Å². The van der Waals surface area contributed by atoms with Crippen LogP contribution in [0.5, 0.6) is 0 Å². The molecule has 1 amide bonds. The van der Waals surface area contributed by atoms with Crippen molar-refractivity contribution >= 4 is 27.3 Å². The molecule has 0 spiro atoms. The fourth-order valence-electron chi connectivity index (χ4n) is 4.72. The Labute approximate surface area is 187 Å². The molecule has 1 fully saturated rings. The Kier molecular flexibility index (Phi) is 7.09. The fourth-order valence-corrected chi connectivity index (χ4v) is 5.90. The number of aryl methyl sites for hydroxylation is 1. The molecule has 1 aliphatic carbocycles. The van der Waals surface area contributed by atoms with Crippen LogP contribution in [0.2, 0.25) is 0 Å². The standard InChI is InChI=1S/C25H34F3NOS/c1-6-8-18(13-15(3)7-2)22(24(5)11-12-24)29-23(30)19-14-17-10-9-16(4)20(21(17)31-19)25(26,27)28/h9-10,14-15,18,22H,6-8,11-13H2,1-5H3,(H,29,30). The molecule has 6 heteroatoms. The first-order valence-corrected chi connectivity index (χ1v) is 12.2. The van der Waals surface area contributed by atoms with Crippen molar-refractivity contribution in [1.82, 2.24) is 5.32 Å². The zero-order valence-electron chi connectivity index (χ0n) is 19.2. The average molecular weight is 454 g/mol. The average Bonchev–Trinajstić information content (AvgIpc) is 3.28. The molecule has 3 unspecified atom stereocenters. The second-order valence-electron chi connectivity index (χ2n) is 9.69. The van der Waals surface area contributed by atoms with Crippen molar-refractivity contribution in [3.8, 4) is 0 Å². The summed E-state index contributed by atoms with van der Waals surface area (Å²) in [7, 11) is 0. The second-order valence-corrected chi connectivity index (χ2v) is 10.7. The molecule has 1 saturated carbocycles. The SMILES string of the molecule is CCCC(CC(C)CC)C(NC(=O)c1cc2ccc(C)c(C(F)(F)F)c2s1)C1(C)CC1. The molecule has 0 saturated heterocycles. The minimum Gasteiger partial charge on any atom is -0.348 e. The van der Waals surface area contributed by atoms with Gasteiger partial charge in [0.15, 0.2) is 0 Å². The predicted octanol–water partition coefficient (Wildman–Crippen LogP) is 7.98. The van der Waals surface area contributed by atoms with Crippen molar-refractivity contribution < 1.29 is 18.0 Å². The van der Waals surface area contributed by atoms with Gasteiger partial charge in [-0.3, -0.25) is 4.79 Å². The number of rotatable bonds is 9. The molecule has 1 N–H and O–H groups in total. The lowest BCUT2D eigenvalue weighted by Crippen LogP contribution is -2.46. The summed E-state index contributed by atoms with van der Waals surface area (Å²) in [6, 6.07) is 4.83. The van der Waals surface area contributed by atoms with E-state index < -0.39 is 11.7 Å². The highest BCUT2D eigenvalue weighted by atomic mass is 32.1. The van der Waals surface area contributed by atoms with Gasteiger partial charge in [0.25, 0.3) is 5.91 Å². The van der Waals surface area contributed by atoms with E-state index in [9.17, 15) is 18.0 Å². The second kappa shape index (κ2) is 9.13. The molecule has 1 heterocycles. The first-order valence-electron chi connectivity index (χ1n) is 11.4. The maximum atomic E-state index is 13.6. The van der Waals surface area contributed by atoms with Crippen LogP contribution in [0.25, 0.3) is 10.1 Å². The van der Waals surface area contributed by atoms with E-state index in [2.05, 4.69) is 33.0 Å². The topological polar surface area (TPSA) is 29.1 Å². The van der Waals surface area contributed by atoms with Crippen molar-refractivity contribution in [3.05, 3.63) is 34.2 Å². The molecule has 0 bridgehead atoms. The van der Waals surface area contributed by atoms with E-state index in [-0.39, 0.29) is 27.6 Å². The van der Waals surface area contributed by atoms with Crippen LogP contribution in [0, 0.1) is 24.2 Å². The van der Waals surface area contributed by atoms with Gasteiger partial charge < -0.3 is 5.32 Å². The summed E-state index contributed by atoms with van der Waals surface area (Å²) in [5.74, 6) is 0.731. The molecule has 2 aromatic rings. The van der Waals surface area contributed by atoms with Crippen molar-refractivity contribution in [2.75, 3.05) is 0 Å². The molecule has 31 heavy (non-hydrogen) atoms. The van der Waals surface area contributed by atoms with Crippen molar-refractivity contribution in [2.45, 2.75) is 85.4 Å². The van der Waals surface area contributed by atoms with Gasteiger partial charge in [0.1, 0.15) is 0 Å². The summed E-state index contributed by atoms with van der Waals surface area (Å²) < 4.78 is 41.0. The third-order valence-electron chi connectivity index (χ3n) is 7.01. The highest BCUT2D eigenvalue weighted by Gasteiger charge is 2.48. The summed E-state index contributed by atoms with van der Waals surface area (Å²) in [6.07, 6.45) is 2.01. The van der Waals surface area contributed by atoms with Gasteiger partial charge in [0.05, 0.1) is 10.4 Å². The monoisotopic (exact) mass is 453 g/mol. The van der Waals surface area contributed by atoms with E-state index >= 15 is 0 Å². The number of alkyl halides is 3. The van der Waals surface area contributed by atoms with Crippen molar-refractivity contribution in [2.24, 2.45) is 17.3 Å². The number of nitrogens with one attached hydrogen (secondary N) is 1. The molecule has 172 valence electrons. The molecule has 0 radical (unpaired) electrons. The number of halogens is 3. The smallest absolute Gasteiger partial charge is 0.348 e. The molecule has 1 aromatic carbocycles. The lowest BCUT2D eigenvalue weighted by molar-refractivity contribution is -0.136. The lowest BCUT2D eigenvalue weighted by atomic mass is 9.78. The minimum absolute atomic E-state index is 0.0583. The maximum absolute atomic E-state index is 13.6. The van der Waals surface area contributed by atoms with Gasteiger partial charge in [0, 0.05) is 10.7 Å². The number of hydrogen-bond donors (Lipinski definition) is 1. The predicted molar refractivity (Wildman–Crippen MR) is 123 cm³/mol. The molecule has 2 nitrogen and oxygen atoms in total. The van der Waals surface area contributed by atoms with Crippen LogP contribution in [0.15, 0.2) is 18.2 Å². The largest absolute Gasteiger partial charge is 0.418 e. The Hall–Kier alpha value is -1.56. The molecule has 1 aliphatic rings. The number of fused-ring (bicyclic) bond motifs is 1. The van der Waals surface area contributed by atoms with E-state index in [1.54, 1.807) is 12.1 Å². The molecule has 3 atom stereocenters. The first-order chi connectivity index (χ1) is 14.5. The highest BCUT2D eigenvalue weighted by molar-refractivity contribution is 7.21. The zero-order valence-corrected chi connectivity index (χ0v) is 20.0. The van der Waals surface area contributed by atoms with E-state index in [0.29, 0.717) is 22.1 Å². The Balaban J connectivity index is 1.91. The van der Waals surface area contributed by atoms with E-state index in [0.717, 1.165) is 49.9 Å². The number of thiophene rings is 1. The quantitative estimate of drug-likeness (QED) is 0.410. The lowest BCUT2D eigenvalue weighted by Gasteiger charge is -2.34. The number of hydrogen-bond acceptors (Lipinski definition) is 2. The van der Waals surface area contributed by atoms with Gasteiger partial charge in [-0.05, 0) is 66.9 Å². The van der Waals surface area contributed by atoms with E-state index in [4.69, 9.17) is 0 Å². The van der Waals surface area contributed by atoms with Crippen molar-refractivity contribution in [3.63, 3.8) is 0 Å². The van der Waals surface area contributed by atoms with Gasteiger partial charge in [-0.25, -0.2) is 0 Å². The highest BCUT2D eigenvalue weighted by Crippen LogP contribution is 2.52. The molecule has 3 rings (SSSR count). The molecular formula is C25H34F3NOS. The summed E-state index contributed by atoms with van der Waals surface area (Å²) in [5, 5.41) is 3.75. The third-order valence-corrected chi connectivity index (χ3v) is 8.18. The van der Waals surface area contributed by atoms with Crippen LogP contribution in [0.4, 0.5) is 13.2 Å². The van der Waals surface area contributed by atoms with Crippen LogP contribution in [-0.2, 0) is 6.18 Å². The summed E-state index contributed by atoms with van der Waals surface area (Å²) in [4.78, 5) is 13.6. The summed E-state index contributed by atoms with van der Waals surface area (Å²) in [5.41, 5.74) is -0.345. The first kappa shape index (κ1) is 24.1. The number of amides is 1. The minimum atomic E-state index is -4.44. The van der Waals surface area contributed by atoms with Crippen LogP contribution in [0.1, 0.15) is 87.0 Å². The van der Waals surface area contributed by atoms with Crippen LogP contribution in [0.3, 0.4) is 0 Å². The number of carbonyl (C=O) groups is 1. The van der Waals surface area contributed by atoms with Gasteiger partial charge in [-0.1, -0.05) is 52.7 Å². The maximum Gasteiger partial charge on any atom is 0.418 e. The number of carbonyl (C=O) groups excluding carboxylic acids is 1. The number of benzene rings is 1. The van der Waals surface area contributed by atoms with E-state index in [1.807, 2.05) is 0 Å². The summed E-state index contributed by atoms with van der Waals surface area (Å²) in [6.45, 7) is 10.3. The third kappa shape index (κ3) is 5.27. The van der Waals surface area contributed by atoms with Gasteiger partial charge >= 0.3 is 6.18 Å². The Morgan fingerprint density at radius 1 is 1.26 bits per heavy atom. The van der Waals surface area contributed by atoms with Gasteiger partial charge in [0.2, 0.25) is 0 Å².